The van der Waals surface area contributed by atoms with Crippen LogP contribution in [0.1, 0.15) is 23.7 Å². The van der Waals surface area contributed by atoms with E-state index >= 15 is 0 Å². The van der Waals surface area contributed by atoms with Crippen LogP contribution >= 0.6 is 11.3 Å². The van der Waals surface area contributed by atoms with E-state index in [1.165, 1.54) is 17.0 Å². The number of benzene rings is 2. The molecular weight excluding hydrogens is 382 g/mol. The first-order valence-electron chi connectivity index (χ1n) is 9.27. The molecule has 5 rings (SSSR count). The Hall–Kier alpha value is -3.45. The average Bonchev–Trinajstić information content (AvgIpc) is 3.40. The van der Waals surface area contributed by atoms with Gasteiger partial charge in [0, 0.05) is 40.1 Å². The molecule has 2 aromatic heterocycles. The van der Waals surface area contributed by atoms with Crippen molar-refractivity contribution in [2.45, 2.75) is 13.3 Å². The van der Waals surface area contributed by atoms with Gasteiger partial charge in [0.1, 0.15) is 6.54 Å². The zero-order chi connectivity index (χ0) is 19.8. The third kappa shape index (κ3) is 3.40. The number of carbonyl (C=O) groups is 1. The molecule has 2 aromatic carbocycles. The first-order chi connectivity index (χ1) is 14.2. The van der Waals surface area contributed by atoms with Crippen LogP contribution in [0.15, 0.2) is 69.3 Å². The predicted octanol–water partition coefficient (Wildman–Crippen LogP) is 5.17. The second-order valence-electron chi connectivity index (χ2n) is 6.95. The molecule has 1 aliphatic rings. The summed E-state index contributed by atoms with van der Waals surface area (Å²) in [5.74, 6) is -0.0768. The first kappa shape index (κ1) is 17.6. The van der Waals surface area contributed by atoms with E-state index in [1.54, 1.807) is 11.3 Å². The van der Waals surface area contributed by atoms with Crippen LogP contribution in [0.25, 0.3) is 21.0 Å². The van der Waals surface area contributed by atoms with Crippen molar-refractivity contribution < 1.29 is 4.79 Å². The highest BCUT2D eigenvalue weighted by molar-refractivity contribution is 7.18. The lowest BCUT2D eigenvalue weighted by molar-refractivity contribution is -0.114. The summed E-state index contributed by atoms with van der Waals surface area (Å²) in [6, 6.07) is 16.3. The number of pyridine rings is 1. The average molecular weight is 399 g/mol. The number of amides is 1. The van der Waals surface area contributed by atoms with E-state index in [0.29, 0.717) is 13.0 Å². The second kappa shape index (κ2) is 7.18. The monoisotopic (exact) mass is 399 g/mol. The molecule has 0 saturated carbocycles. The van der Waals surface area contributed by atoms with Crippen LogP contribution in [0.2, 0.25) is 0 Å². The van der Waals surface area contributed by atoms with Crippen LogP contribution in [0.3, 0.4) is 0 Å². The molecule has 0 atom stereocenters. The fourth-order valence-electron chi connectivity index (χ4n) is 3.60. The van der Waals surface area contributed by atoms with Crippen molar-refractivity contribution >= 4 is 49.6 Å². The van der Waals surface area contributed by atoms with Gasteiger partial charge in [-0.2, -0.15) is 5.11 Å². The highest BCUT2D eigenvalue weighted by Gasteiger charge is 2.14. The number of fused-ring (bicyclic) bond motifs is 3. The summed E-state index contributed by atoms with van der Waals surface area (Å²) >= 11 is 1.73. The number of carbonyl (C=O) groups excluding carboxylic acids is 1. The molecule has 0 fully saturated rings. The normalized spacial score (nSPS) is 13.2. The van der Waals surface area contributed by atoms with E-state index in [-0.39, 0.29) is 5.91 Å². The molecule has 29 heavy (non-hydrogen) atoms. The van der Waals surface area contributed by atoms with Crippen molar-refractivity contribution in [3.8, 4) is 0 Å². The van der Waals surface area contributed by atoms with E-state index < -0.39 is 0 Å². The van der Waals surface area contributed by atoms with Crippen molar-refractivity contribution in [2.24, 2.45) is 15.4 Å². The number of anilines is 1. The molecule has 6 nitrogen and oxygen atoms in total. The van der Waals surface area contributed by atoms with Gasteiger partial charge in [-0.15, -0.1) is 16.4 Å². The van der Waals surface area contributed by atoms with Gasteiger partial charge in [0.25, 0.3) is 0 Å². The van der Waals surface area contributed by atoms with Crippen molar-refractivity contribution in [1.29, 1.82) is 0 Å². The van der Waals surface area contributed by atoms with E-state index in [0.717, 1.165) is 39.1 Å². The number of thiophene rings is 1. The molecule has 0 spiro atoms. The topological polar surface area (TPSA) is 79.1 Å². The van der Waals surface area contributed by atoms with Crippen LogP contribution in [0, 0.1) is 0 Å². The Morgan fingerprint density at radius 2 is 2.07 bits per heavy atom. The zero-order valence-electron chi connectivity index (χ0n) is 15.7. The van der Waals surface area contributed by atoms with Crippen molar-refractivity contribution in [2.75, 3.05) is 11.9 Å². The van der Waals surface area contributed by atoms with Crippen LogP contribution in [-0.2, 0) is 11.2 Å². The molecular formula is C22H17N5OS. The zero-order valence-corrected chi connectivity index (χ0v) is 16.5. The summed E-state index contributed by atoms with van der Waals surface area (Å²) in [6.45, 7) is 2.02. The second-order valence-corrected chi connectivity index (χ2v) is 7.86. The smallest absolute Gasteiger partial charge is 0.221 e. The largest absolute Gasteiger partial charge is 0.326 e. The van der Waals surface area contributed by atoms with E-state index in [2.05, 4.69) is 56.5 Å². The Labute approximate surface area is 171 Å². The number of hydrogen-bond acceptors (Lipinski definition) is 6. The van der Waals surface area contributed by atoms with Crippen LogP contribution in [0.5, 0.6) is 0 Å². The molecule has 1 aliphatic heterocycles. The molecule has 0 aliphatic carbocycles. The van der Waals surface area contributed by atoms with E-state index in [4.69, 9.17) is 4.98 Å². The molecule has 7 heteroatoms. The lowest BCUT2D eigenvalue weighted by Crippen LogP contribution is -2.06. The standard InChI is InChI=1S/C22H17N5OS/c1-13(28)24-16-4-2-3-14(9-16)10-19-18-7-8-29-22(18)17-6-5-15(11-20(17)25-19)21-12-23-27-26-21/h2-9,11H,10,12H2,1H3,(H,24,28). The fraction of sp³-hybridized carbons (Fsp3) is 0.136. The number of nitrogens with one attached hydrogen (secondary N) is 1. The minimum atomic E-state index is -0.0768. The minimum absolute atomic E-state index is 0.0768. The summed E-state index contributed by atoms with van der Waals surface area (Å²) in [7, 11) is 0. The molecule has 4 aromatic rings. The Bertz CT molecular complexity index is 1320. The van der Waals surface area contributed by atoms with Gasteiger partial charge >= 0.3 is 0 Å². The Morgan fingerprint density at radius 1 is 1.14 bits per heavy atom. The highest BCUT2D eigenvalue weighted by Crippen LogP contribution is 2.33. The summed E-state index contributed by atoms with van der Waals surface area (Å²) in [4.78, 5) is 16.4. The summed E-state index contributed by atoms with van der Waals surface area (Å²) in [5.41, 5.74) is 5.73. The summed E-state index contributed by atoms with van der Waals surface area (Å²) in [6.07, 6.45) is 0.687. The predicted molar refractivity (Wildman–Crippen MR) is 117 cm³/mol. The summed E-state index contributed by atoms with van der Waals surface area (Å²) in [5, 5.41) is 19.0. The van der Waals surface area contributed by atoms with Gasteiger partial charge in [-0.25, -0.2) is 0 Å². The number of nitrogens with zero attached hydrogens (tertiary/aromatic N) is 4. The van der Waals surface area contributed by atoms with Crippen molar-refractivity contribution in [3.05, 3.63) is 70.7 Å². The van der Waals surface area contributed by atoms with E-state index in [1.807, 2.05) is 18.2 Å². The van der Waals surface area contributed by atoms with Gasteiger partial charge in [0.05, 0.1) is 16.9 Å². The Balaban J connectivity index is 1.59. The third-order valence-electron chi connectivity index (χ3n) is 4.88. The highest BCUT2D eigenvalue weighted by atomic mass is 32.1. The lowest BCUT2D eigenvalue weighted by Gasteiger charge is -2.09. The quantitative estimate of drug-likeness (QED) is 0.514. The molecule has 142 valence electrons. The van der Waals surface area contributed by atoms with Gasteiger partial charge in [-0.05, 0) is 40.4 Å². The maximum Gasteiger partial charge on any atom is 0.221 e. The van der Waals surface area contributed by atoms with Crippen molar-refractivity contribution in [1.82, 2.24) is 4.98 Å². The van der Waals surface area contributed by atoms with Gasteiger partial charge in [0.2, 0.25) is 5.91 Å². The lowest BCUT2D eigenvalue weighted by atomic mass is 10.0. The van der Waals surface area contributed by atoms with Crippen LogP contribution in [0.4, 0.5) is 5.69 Å². The fourth-order valence-corrected chi connectivity index (χ4v) is 4.55. The number of hydrogen-bond donors (Lipinski definition) is 1. The maximum absolute atomic E-state index is 11.4. The van der Waals surface area contributed by atoms with Gasteiger partial charge < -0.3 is 5.32 Å². The molecule has 3 heterocycles. The molecule has 1 amide bonds. The molecule has 1 N–H and O–H groups in total. The third-order valence-corrected chi connectivity index (χ3v) is 5.82. The SMILES string of the molecule is CC(=O)Nc1cccc(Cc2nc3cc(C4=NN=NC4)ccc3c3sccc23)c1. The Morgan fingerprint density at radius 3 is 2.90 bits per heavy atom. The van der Waals surface area contributed by atoms with Crippen LogP contribution < -0.4 is 5.32 Å². The number of rotatable bonds is 4. The molecule has 0 bridgehead atoms. The molecule has 0 radical (unpaired) electrons. The van der Waals surface area contributed by atoms with Gasteiger partial charge in [0.15, 0.2) is 0 Å². The molecule has 0 saturated heterocycles. The minimum Gasteiger partial charge on any atom is -0.326 e. The van der Waals surface area contributed by atoms with Gasteiger partial charge in [-0.1, -0.05) is 24.3 Å². The first-order valence-corrected chi connectivity index (χ1v) is 10.2. The summed E-state index contributed by atoms with van der Waals surface area (Å²) < 4.78 is 1.23. The van der Waals surface area contributed by atoms with E-state index in [9.17, 15) is 4.79 Å². The Kier molecular flexibility index (Phi) is 4.37. The van der Waals surface area contributed by atoms with Crippen LogP contribution in [-0.4, -0.2) is 23.1 Å². The van der Waals surface area contributed by atoms with Gasteiger partial charge in [-0.3, -0.25) is 9.78 Å². The molecule has 0 unspecified atom stereocenters. The number of aromatic nitrogens is 1. The maximum atomic E-state index is 11.4. The van der Waals surface area contributed by atoms with Crippen molar-refractivity contribution in [3.63, 3.8) is 0 Å².